The molecule has 0 amide bonds. The minimum atomic E-state index is -0.909. The first-order chi connectivity index (χ1) is 5.93. The van der Waals surface area contributed by atoms with Gasteiger partial charge >= 0.3 is 0 Å². The third-order valence-electron chi connectivity index (χ3n) is 2.84. The lowest BCUT2D eigenvalue weighted by molar-refractivity contribution is 0.564. The molecule has 0 saturated carbocycles. The van der Waals surface area contributed by atoms with Gasteiger partial charge in [-0.1, -0.05) is 57.0 Å². The van der Waals surface area contributed by atoms with Gasteiger partial charge in [-0.2, -0.15) is 0 Å². The standard InChI is InChI=1S/C10H20OSi/c11-10-12-8-6-4-2-1-3-5-7-9-12/h10,12H,1-9H2. The van der Waals surface area contributed by atoms with E-state index in [0.29, 0.717) is 0 Å². The molecule has 0 aromatic rings. The van der Waals surface area contributed by atoms with Crippen molar-refractivity contribution in [2.75, 3.05) is 0 Å². The fraction of sp³-hybridized carbons (Fsp3) is 0.900. The maximum absolute atomic E-state index is 10.7. The summed E-state index contributed by atoms with van der Waals surface area (Å²) in [5.41, 5.74) is 0. The summed E-state index contributed by atoms with van der Waals surface area (Å²) in [6.45, 7) is 0. The smallest absolute Gasteiger partial charge is 0.113 e. The van der Waals surface area contributed by atoms with Crippen molar-refractivity contribution in [1.82, 2.24) is 0 Å². The third kappa shape index (κ3) is 4.05. The zero-order valence-electron chi connectivity index (χ0n) is 7.93. The van der Waals surface area contributed by atoms with Crippen molar-refractivity contribution in [2.45, 2.75) is 57.0 Å². The fourth-order valence-corrected chi connectivity index (χ4v) is 4.16. The maximum atomic E-state index is 10.7. The summed E-state index contributed by atoms with van der Waals surface area (Å²) in [5, 5.41) is 0. The van der Waals surface area contributed by atoms with Gasteiger partial charge < -0.3 is 4.79 Å². The first kappa shape index (κ1) is 9.97. The Morgan fingerprint density at radius 3 is 1.58 bits per heavy atom. The van der Waals surface area contributed by atoms with Gasteiger partial charge in [-0.15, -0.1) is 0 Å². The van der Waals surface area contributed by atoms with Gasteiger partial charge in [0.1, 0.15) is 8.80 Å². The number of hydrogen-bond donors (Lipinski definition) is 0. The van der Waals surface area contributed by atoms with Crippen molar-refractivity contribution in [3.05, 3.63) is 0 Å². The molecule has 0 atom stereocenters. The van der Waals surface area contributed by atoms with E-state index in [1.807, 2.05) is 0 Å². The van der Waals surface area contributed by atoms with Crippen LogP contribution in [0.5, 0.6) is 0 Å². The largest absolute Gasteiger partial charge is 0.309 e. The van der Waals surface area contributed by atoms with Crippen LogP contribution in [0.15, 0.2) is 0 Å². The molecule has 1 rings (SSSR count). The molecule has 2 heteroatoms. The summed E-state index contributed by atoms with van der Waals surface area (Å²) in [4.78, 5) is 10.7. The zero-order chi connectivity index (χ0) is 8.65. The van der Waals surface area contributed by atoms with Crippen LogP contribution in [0.1, 0.15) is 44.9 Å². The van der Waals surface area contributed by atoms with Gasteiger partial charge in [0.2, 0.25) is 0 Å². The summed E-state index contributed by atoms with van der Waals surface area (Å²) in [5.74, 6) is 1.31. The molecule has 0 bridgehead atoms. The summed E-state index contributed by atoms with van der Waals surface area (Å²) >= 11 is 0. The van der Waals surface area contributed by atoms with Crippen molar-refractivity contribution >= 4 is 14.7 Å². The van der Waals surface area contributed by atoms with Crippen LogP contribution >= 0.6 is 0 Å². The van der Waals surface area contributed by atoms with Crippen LogP contribution in [-0.4, -0.2) is 14.7 Å². The molecule has 0 spiro atoms. The average Bonchev–Trinajstić information content (AvgIpc) is 2.14. The second-order valence-corrected chi connectivity index (χ2v) is 6.90. The highest BCUT2D eigenvalue weighted by molar-refractivity contribution is 6.84. The van der Waals surface area contributed by atoms with Gasteiger partial charge in [0.25, 0.3) is 0 Å². The monoisotopic (exact) mass is 184 g/mol. The van der Waals surface area contributed by atoms with Crippen LogP contribution in [0, 0.1) is 0 Å². The second kappa shape index (κ2) is 6.41. The Kier molecular flexibility index (Phi) is 5.32. The number of carbonyl (C=O) groups is 1. The minimum Gasteiger partial charge on any atom is -0.309 e. The van der Waals surface area contributed by atoms with E-state index in [4.69, 9.17) is 0 Å². The lowest BCUT2D eigenvalue weighted by atomic mass is 10.1. The Morgan fingerprint density at radius 2 is 1.17 bits per heavy atom. The highest BCUT2D eigenvalue weighted by Gasteiger charge is 2.09. The fourth-order valence-electron chi connectivity index (χ4n) is 1.98. The van der Waals surface area contributed by atoms with Crippen LogP contribution in [-0.2, 0) is 4.79 Å². The molecule has 0 unspecified atom stereocenters. The molecule has 0 aromatic carbocycles. The van der Waals surface area contributed by atoms with Crippen LogP contribution in [0.3, 0.4) is 0 Å². The summed E-state index contributed by atoms with van der Waals surface area (Å²) in [6.07, 6.45) is 9.63. The van der Waals surface area contributed by atoms with Crippen molar-refractivity contribution in [3.8, 4) is 0 Å². The van der Waals surface area contributed by atoms with Gasteiger partial charge in [0, 0.05) is 0 Å². The number of carbonyl (C=O) groups excluding carboxylic acids is 1. The van der Waals surface area contributed by atoms with Crippen LogP contribution in [0.4, 0.5) is 0 Å². The van der Waals surface area contributed by atoms with E-state index >= 15 is 0 Å². The van der Waals surface area contributed by atoms with Crippen molar-refractivity contribution in [2.24, 2.45) is 0 Å². The van der Waals surface area contributed by atoms with E-state index < -0.39 is 8.80 Å². The van der Waals surface area contributed by atoms with Crippen molar-refractivity contribution in [3.63, 3.8) is 0 Å². The Balaban J connectivity index is 2.21. The molecule has 1 aliphatic heterocycles. The molecule has 0 aromatic heterocycles. The molecule has 1 heterocycles. The number of hydrogen-bond acceptors (Lipinski definition) is 1. The normalized spacial score (nSPS) is 23.3. The summed E-state index contributed by atoms with van der Waals surface area (Å²) in [7, 11) is -0.909. The first-order valence-corrected chi connectivity index (χ1v) is 7.69. The molecule has 1 saturated heterocycles. The SMILES string of the molecule is O=C[SiH]1CCCCCCCCC1. The Morgan fingerprint density at radius 1 is 0.750 bits per heavy atom. The van der Waals surface area contributed by atoms with Gasteiger partial charge in [-0.3, -0.25) is 0 Å². The van der Waals surface area contributed by atoms with E-state index in [1.165, 1.54) is 62.9 Å². The lowest BCUT2D eigenvalue weighted by Gasteiger charge is -2.10. The van der Waals surface area contributed by atoms with Crippen LogP contribution in [0.2, 0.25) is 12.1 Å². The highest BCUT2D eigenvalue weighted by Crippen LogP contribution is 2.16. The topological polar surface area (TPSA) is 17.1 Å². The van der Waals surface area contributed by atoms with Crippen molar-refractivity contribution in [1.29, 1.82) is 0 Å². The van der Waals surface area contributed by atoms with E-state index in [2.05, 4.69) is 0 Å². The lowest BCUT2D eigenvalue weighted by Crippen LogP contribution is -2.14. The zero-order valence-corrected chi connectivity index (χ0v) is 9.08. The van der Waals surface area contributed by atoms with Crippen LogP contribution < -0.4 is 0 Å². The van der Waals surface area contributed by atoms with Gasteiger partial charge in [0.05, 0.1) is 5.91 Å². The molecule has 1 fully saturated rings. The highest BCUT2D eigenvalue weighted by atomic mass is 28.3. The first-order valence-electron chi connectivity index (χ1n) is 5.39. The van der Waals surface area contributed by atoms with Crippen molar-refractivity contribution < 1.29 is 4.79 Å². The average molecular weight is 184 g/mol. The van der Waals surface area contributed by atoms with E-state index in [-0.39, 0.29) is 0 Å². The van der Waals surface area contributed by atoms with E-state index in [0.717, 1.165) is 0 Å². The molecule has 0 N–H and O–H groups in total. The Hall–Kier alpha value is -0.113. The third-order valence-corrected chi connectivity index (χ3v) is 5.53. The van der Waals surface area contributed by atoms with Gasteiger partial charge in [0.15, 0.2) is 0 Å². The second-order valence-electron chi connectivity index (χ2n) is 3.95. The van der Waals surface area contributed by atoms with Crippen LogP contribution in [0.25, 0.3) is 0 Å². The summed E-state index contributed by atoms with van der Waals surface area (Å²) < 4.78 is 0. The molecule has 0 aliphatic carbocycles. The quantitative estimate of drug-likeness (QED) is 0.452. The van der Waals surface area contributed by atoms with E-state index in [1.54, 1.807) is 0 Å². The van der Waals surface area contributed by atoms with Gasteiger partial charge in [-0.25, -0.2) is 0 Å². The molecule has 1 aliphatic rings. The molecule has 1 nitrogen and oxygen atoms in total. The Bertz CT molecular complexity index is 115. The molecule has 12 heavy (non-hydrogen) atoms. The predicted molar refractivity (Wildman–Crippen MR) is 55.8 cm³/mol. The summed E-state index contributed by atoms with van der Waals surface area (Å²) in [6, 6.07) is 2.56. The Labute approximate surface area is 77.2 Å². The minimum absolute atomic E-state index is 0.909. The molecular weight excluding hydrogens is 164 g/mol. The molecular formula is C10H20OSi. The van der Waals surface area contributed by atoms with E-state index in [9.17, 15) is 4.79 Å². The number of rotatable bonds is 1. The molecule has 70 valence electrons. The van der Waals surface area contributed by atoms with Gasteiger partial charge in [-0.05, 0) is 0 Å². The molecule has 0 radical (unpaired) electrons. The predicted octanol–water partition coefficient (Wildman–Crippen LogP) is 2.73. The maximum Gasteiger partial charge on any atom is 0.113 e.